The molecule has 2 saturated heterocycles. The van der Waals surface area contributed by atoms with Crippen LogP contribution in [0.25, 0.3) is 17.1 Å². The Morgan fingerprint density at radius 3 is 2.44 bits per heavy atom. The fraction of sp³-hybridized carbons (Fsp3) is 0.560. The fourth-order valence-electron chi connectivity index (χ4n) is 5.30. The summed E-state index contributed by atoms with van der Waals surface area (Å²) in [5, 5.41) is 17.4. The van der Waals surface area contributed by atoms with Crippen LogP contribution in [-0.4, -0.2) is 73.8 Å². The lowest BCUT2D eigenvalue weighted by Crippen LogP contribution is -2.39. The molecule has 3 aliphatic rings. The van der Waals surface area contributed by atoms with Crippen LogP contribution in [0.1, 0.15) is 38.5 Å². The number of alkyl halides is 2. The second kappa shape index (κ2) is 10.4. The molecule has 0 radical (unpaired) electrons. The maximum atomic E-state index is 14.9. The third-order valence-electron chi connectivity index (χ3n) is 7.93. The number of halogens is 3. The molecule has 3 fully saturated rings. The number of nitrogens with one attached hydrogen (secondary N) is 1. The largest absolute Gasteiger partial charge is 0.395 e. The molecule has 9 nitrogen and oxygen atoms in total. The van der Waals surface area contributed by atoms with Crippen LogP contribution in [-0.2, 0) is 11.0 Å². The SMILES string of the molecule is O=S(CCO)Nc1ccc(-n2cc(-c3nc(N4CCC(F)(F)CC4)sc3F)nn2)c(N2CCC3(CC2)CC3)c1. The zero-order valence-corrected chi connectivity index (χ0v) is 22.9. The van der Waals surface area contributed by atoms with Gasteiger partial charge in [-0.2, -0.15) is 4.39 Å². The van der Waals surface area contributed by atoms with Gasteiger partial charge in [0.2, 0.25) is 5.13 Å². The number of aromatic nitrogens is 4. The zero-order chi connectivity index (χ0) is 27.2. The second-order valence-electron chi connectivity index (χ2n) is 10.6. The van der Waals surface area contributed by atoms with Crippen molar-refractivity contribution in [2.45, 2.75) is 44.4 Å². The van der Waals surface area contributed by atoms with Crippen molar-refractivity contribution in [1.29, 1.82) is 0 Å². The van der Waals surface area contributed by atoms with Gasteiger partial charge in [-0.3, -0.25) is 0 Å². The molecule has 0 amide bonds. The summed E-state index contributed by atoms with van der Waals surface area (Å²) in [6, 6.07) is 5.56. The predicted molar refractivity (Wildman–Crippen MR) is 146 cm³/mol. The van der Waals surface area contributed by atoms with Gasteiger partial charge >= 0.3 is 0 Å². The number of benzene rings is 1. The summed E-state index contributed by atoms with van der Waals surface area (Å²) in [4.78, 5) is 8.36. The minimum absolute atomic E-state index is 0.0477. The third kappa shape index (κ3) is 5.64. The number of piperidine rings is 2. The molecule has 4 heterocycles. The number of aliphatic hydroxyl groups excluding tert-OH is 1. The first-order chi connectivity index (χ1) is 18.7. The van der Waals surface area contributed by atoms with E-state index in [0.717, 1.165) is 48.6 Å². The van der Waals surface area contributed by atoms with E-state index in [4.69, 9.17) is 5.11 Å². The Morgan fingerprint density at radius 1 is 1.03 bits per heavy atom. The number of thiazole rings is 1. The van der Waals surface area contributed by atoms with E-state index in [1.165, 1.54) is 12.8 Å². The summed E-state index contributed by atoms with van der Waals surface area (Å²) in [6.45, 7) is 1.83. The molecule has 14 heteroatoms. The van der Waals surface area contributed by atoms with E-state index in [9.17, 15) is 17.4 Å². The maximum Gasteiger partial charge on any atom is 0.251 e. The van der Waals surface area contributed by atoms with Gasteiger partial charge in [-0.25, -0.2) is 22.7 Å². The molecule has 1 atom stereocenters. The first-order valence-corrected chi connectivity index (χ1v) is 15.2. The van der Waals surface area contributed by atoms with Crippen molar-refractivity contribution in [3.05, 3.63) is 29.5 Å². The second-order valence-corrected chi connectivity index (χ2v) is 12.8. The lowest BCUT2D eigenvalue weighted by molar-refractivity contribution is -0.0220. The number of hydrogen-bond acceptors (Lipinski definition) is 8. The van der Waals surface area contributed by atoms with Crippen LogP contribution in [0.5, 0.6) is 0 Å². The van der Waals surface area contributed by atoms with Gasteiger partial charge in [0, 0.05) is 44.7 Å². The van der Waals surface area contributed by atoms with Crippen LogP contribution in [0.2, 0.25) is 0 Å². The molecule has 2 N–H and O–H groups in total. The molecule has 6 rings (SSSR count). The van der Waals surface area contributed by atoms with E-state index in [2.05, 4.69) is 24.9 Å². The summed E-state index contributed by atoms with van der Waals surface area (Å²) in [5.74, 6) is -2.57. The summed E-state index contributed by atoms with van der Waals surface area (Å²) < 4.78 is 58.8. The average molecular weight is 582 g/mol. The van der Waals surface area contributed by atoms with Gasteiger partial charge in [0.25, 0.3) is 5.92 Å². The number of rotatable bonds is 8. The summed E-state index contributed by atoms with van der Waals surface area (Å²) >= 11 is 0.827. The van der Waals surface area contributed by atoms with E-state index < -0.39 is 22.0 Å². The van der Waals surface area contributed by atoms with Crippen molar-refractivity contribution in [1.82, 2.24) is 20.0 Å². The topological polar surface area (TPSA) is 99.4 Å². The molecule has 2 aromatic heterocycles. The van der Waals surface area contributed by atoms with E-state index in [0.29, 0.717) is 16.2 Å². The highest BCUT2D eigenvalue weighted by Gasteiger charge is 2.44. The van der Waals surface area contributed by atoms with Crippen LogP contribution in [0.15, 0.2) is 24.4 Å². The van der Waals surface area contributed by atoms with Gasteiger partial charge in [-0.05, 0) is 49.3 Å². The Bertz CT molecular complexity index is 1360. The maximum absolute atomic E-state index is 14.9. The highest BCUT2D eigenvalue weighted by atomic mass is 32.2. The smallest absolute Gasteiger partial charge is 0.251 e. The molecule has 1 unspecified atom stereocenters. The van der Waals surface area contributed by atoms with Crippen molar-refractivity contribution in [3.63, 3.8) is 0 Å². The third-order valence-corrected chi connectivity index (χ3v) is 9.85. The van der Waals surface area contributed by atoms with Gasteiger partial charge in [-0.1, -0.05) is 16.6 Å². The molecular formula is C25H30F3N7O2S2. The van der Waals surface area contributed by atoms with Gasteiger partial charge in [-0.15, -0.1) is 5.10 Å². The molecule has 210 valence electrons. The molecule has 1 aliphatic carbocycles. The van der Waals surface area contributed by atoms with Crippen LogP contribution in [0, 0.1) is 10.5 Å². The van der Waals surface area contributed by atoms with Crippen molar-refractivity contribution in [2.24, 2.45) is 5.41 Å². The predicted octanol–water partition coefficient (Wildman–Crippen LogP) is 4.21. The monoisotopic (exact) mass is 581 g/mol. The fourth-order valence-corrected chi connectivity index (χ4v) is 6.81. The van der Waals surface area contributed by atoms with Crippen LogP contribution in [0.4, 0.5) is 29.7 Å². The van der Waals surface area contributed by atoms with E-state index in [1.54, 1.807) is 21.8 Å². The van der Waals surface area contributed by atoms with E-state index in [1.807, 2.05) is 12.1 Å². The van der Waals surface area contributed by atoms with Gasteiger partial charge in [0.1, 0.15) is 22.4 Å². The molecule has 2 aliphatic heterocycles. The van der Waals surface area contributed by atoms with Gasteiger partial charge < -0.3 is 19.6 Å². The number of aliphatic hydroxyl groups is 1. The summed E-state index contributed by atoms with van der Waals surface area (Å²) in [5.41, 5.74) is 3.08. The average Bonchev–Trinajstić information content (AvgIpc) is 3.30. The Balaban J connectivity index is 1.27. The van der Waals surface area contributed by atoms with E-state index >= 15 is 0 Å². The molecular weight excluding hydrogens is 551 g/mol. The van der Waals surface area contributed by atoms with Crippen molar-refractivity contribution in [2.75, 3.05) is 53.1 Å². The highest BCUT2D eigenvalue weighted by molar-refractivity contribution is 7.86. The Labute approximate surface area is 230 Å². The normalized spacial score (nSPS) is 20.8. The Hall–Kier alpha value is -2.71. The van der Waals surface area contributed by atoms with Crippen molar-refractivity contribution >= 4 is 38.8 Å². The van der Waals surface area contributed by atoms with E-state index in [-0.39, 0.29) is 49.7 Å². The lowest BCUT2D eigenvalue weighted by atomic mass is 9.93. The van der Waals surface area contributed by atoms with Crippen LogP contribution < -0.4 is 14.5 Å². The number of anilines is 3. The standard InChI is InChI=1S/C25H30F3N7O2S2/c26-22-21(29-23(38-22)34-11-7-25(27,28)8-12-34)18-16-35(32-30-18)19-2-1-17(31-39(37)14-13-36)15-20(19)33-9-5-24(3-4-24)6-10-33/h1-2,15-16,31,36H,3-14H2. The summed E-state index contributed by atoms with van der Waals surface area (Å²) in [7, 11) is -1.41. The van der Waals surface area contributed by atoms with Crippen molar-refractivity contribution < 1.29 is 22.5 Å². The lowest BCUT2D eigenvalue weighted by Gasteiger charge is -2.35. The minimum Gasteiger partial charge on any atom is -0.395 e. The highest BCUT2D eigenvalue weighted by Crippen LogP contribution is 2.54. The first-order valence-electron chi connectivity index (χ1n) is 13.1. The van der Waals surface area contributed by atoms with Crippen LogP contribution in [0.3, 0.4) is 0 Å². The first kappa shape index (κ1) is 26.5. The van der Waals surface area contributed by atoms with Gasteiger partial charge in [0.05, 0.1) is 29.9 Å². The minimum atomic E-state index is -2.69. The van der Waals surface area contributed by atoms with Crippen LogP contribution >= 0.6 is 11.3 Å². The Morgan fingerprint density at radius 2 is 1.74 bits per heavy atom. The molecule has 1 aromatic carbocycles. The van der Waals surface area contributed by atoms with Gasteiger partial charge in [0.15, 0.2) is 5.13 Å². The Kier molecular flexibility index (Phi) is 7.04. The molecule has 39 heavy (non-hydrogen) atoms. The molecule has 1 saturated carbocycles. The zero-order valence-electron chi connectivity index (χ0n) is 21.3. The quantitative estimate of drug-likeness (QED) is 0.411. The number of hydrogen-bond donors (Lipinski definition) is 2. The van der Waals surface area contributed by atoms with Crippen molar-refractivity contribution in [3.8, 4) is 17.1 Å². The number of nitrogens with zero attached hydrogens (tertiary/aromatic N) is 6. The summed E-state index contributed by atoms with van der Waals surface area (Å²) in [6.07, 6.45) is 5.84. The molecule has 1 spiro atoms. The molecule has 0 bridgehead atoms. The molecule has 3 aromatic rings.